The molecule has 0 bridgehead atoms. The summed E-state index contributed by atoms with van der Waals surface area (Å²) in [6.07, 6.45) is 9.40. The molecule has 2 atom stereocenters. The number of hydrogen-bond acceptors (Lipinski definition) is 1. The highest BCUT2D eigenvalue weighted by molar-refractivity contribution is 4.72. The molecular formula is C11H22O. The standard InChI is InChI=1S/C11H22O/c1-2-3-5-10-6-4-7-11(8-10)9-12/h10-12H,2-9H2,1H3/t10-,11+/m0/s1. The quantitative estimate of drug-likeness (QED) is 0.687. The molecule has 72 valence electrons. The van der Waals surface area contributed by atoms with E-state index in [1.807, 2.05) is 0 Å². The molecule has 1 aliphatic rings. The first kappa shape index (κ1) is 10.0. The SMILES string of the molecule is CCCC[C@H]1CCC[C@@H](CO)C1. The lowest BCUT2D eigenvalue weighted by Crippen LogP contribution is -2.18. The predicted octanol–water partition coefficient (Wildman–Crippen LogP) is 2.98. The van der Waals surface area contributed by atoms with Crippen molar-refractivity contribution in [1.29, 1.82) is 0 Å². The first-order valence-corrected chi connectivity index (χ1v) is 5.47. The second-order valence-electron chi connectivity index (χ2n) is 4.22. The van der Waals surface area contributed by atoms with Gasteiger partial charge >= 0.3 is 0 Å². The van der Waals surface area contributed by atoms with E-state index in [4.69, 9.17) is 5.11 Å². The van der Waals surface area contributed by atoms with Crippen LogP contribution in [-0.4, -0.2) is 11.7 Å². The van der Waals surface area contributed by atoms with E-state index in [0.29, 0.717) is 12.5 Å². The van der Waals surface area contributed by atoms with Gasteiger partial charge < -0.3 is 5.11 Å². The van der Waals surface area contributed by atoms with Crippen molar-refractivity contribution in [3.8, 4) is 0 Å². The van der Waals surface area contributed by atoms with Crippen LogP contribution < -0.4 is 0 Å². The van der Waals surface area contributed by atoms with E-state index >= 15 is 0 Å². The van der Waals surface area contributed by atoms with Crippen LogP contribution in [0, 0.1) is 11.8 Å². The molecule has 1 fully saturated rings. The molecule has 0 unspecified atom stereocenters. The van der Waals surface area contributed by atoms with Gasteiger partial charge in [-0.2, -0.15) is 0 Å². The van der Waals surface area contributed by atoms with Crippen LogP contribution in [0.15, 0.2) is 0 Å². The van der Waals surface area contributed by atoms with Crippen LogP contribution in [0.25, 0.3) is 0 Å². The Morgan fingerprint density at radius 2 is 2.00 bits per heavy atom. The van der Waals surface area contributed by atoms with Gasteiger partial charge in [0.2, 0.25) is 0 Å². The summed E-state index contributed by atoms with van der Waals surface area (Å²) in [4.78, 5) is 0. The Morgan fingerprint density at radius 1 is 1.25 bits per heavy atom. The predicted molar refractivity (Wildman–Crippen MR) is 52.1 cm³/mol. The third-order valence-corrected chi connectivity index (χ3v) is 3.12. The van der Waals surface area contributed by atoms with Crippen molar-refractivity contribution in [2.75, 3.05) is 6.61 Å². The summed E-state index contributed by atoms with van der Waals surface area (Å²) in [7, 11) is 0. The van der Waals surface area contributed by atoms with Crippen LogP contribution in [0.3, 0.4) is 0 Å². The molecule has 1 N–H and O–H groups in total. The van der Waals surface area contributed by atoms with Crippen molar-refractivity contribution in [2.45, 2.75) is 51.9 Å². The molecule has 1 rings (SSSR count). The summed E-state index contributed by atoms with van der Waals surface area (Å²) in [5, 5.41) is 9.03. The Hall–Kier alpha value is -0.0400. The van der Waals surface area contributed by atoms with Crippen LogP contribution in [0.4, 0.5) is 0 Å². The fraction of sp³-hybridized carbons (Fsp3) is 1.00. The van der Waals surface area contributed by atoms with Gasteiger partial charge in [-0.05, 0) is 24.7 Å². The van der Waals surface area contributed by atoms with Gasteiger partial charge in [0.25, 0.3) is 0 Å². The van der Waals surface area contributed by atoms with Crippen molar-refractivity contribution in [2.24, 2.45) is 11.8 Å². The molecule has 0 heterocycles. The van der Waals surface area contributed by atoms with Crippen molar-refractivity contribution < 1.29 is 5.11 Å². The van der Waals surface area contributed by atoms with Crippen molar-refractivity contribution in [1.82, 2.24) is 0 Å². The fourth-order valence-corrected chi connectivity index (χ4v) is 2.32. The van der Waals surface area contributed by atoms with E-state index in [2.05, 4.69) is 6.92 Å². The Balaban J connectivity index is 2.16. The molecule has 1 aliphatic carbocycles. The Bertz CT molecular complexity index is 112. The summed E-state index contributed by atoms with van der Waals surface area (Å²) in [6.45, 7) is 2.68. The lowest BCUT2D eigenvalue weighted by atomic mass is 9.79. The summed E-state index contributed by atoms with van der Waals surface area (Å²) >= 11 is 0. The zero-order valence-electron chi connectivity index (χ0n) is 8.26. The number of aliphatic hydroxyl groups excluding tert-OH is 1. The molecule has 0 aromatic rings. The molecular weight excluding hydrogens is 148 g/mol. The first-order valence-electron chi connectivity index (χ1n) is 5.47. The Morgan fingerprint density at radius 3 is 2.67 bits per heavy atom. The molecule has 0 aromatic carbocycles. The monoisotopic (exact) mass is 170 g/mol. The maximum absolute atomic E-state index is 9.03. The van der Waals surface area contributed by atoms with Crippen LogP contribution in [0.2, 0.25) is 0 Å². The minimum absolute atomic E-state index is 0.419. The second-order valence-corrected chi connectivity index (χ2v) is 4.22. The normalized spacial score (nSPS) is 30.5. The third kappa shape index (κ3) is 3.14. The van der Waals surface area contributed by atoms with Crippen molar-refractivity contribution >= 4 is 0 Å². The number of aliphatic hydroxyl groups is 1. The smallest absolute Gasteiger partial charge is 0.0459 e. The summed E-state index contributed by atoms with van der Waals surface area (Å²) < 4.78 is 0. The van der Waals surface area contributed by atoms with Crippen LogP contribution in [0.1, 0.15) is 51.9 Å². The topological polar surface area (TPSA) is 20.2 Å². The summed E-state index contributed by atoms with van der Waals surface area (Å²) in [5.74, 6) is 1.55. The fourth-order valence-electron chi connectivity index (χ4n) is 2.32. The number of unbranched alkanes of at least 4 members (excludes halogenated alkanes) is 1. The maximum atomic E-state index is 9.03. The van der Waals surface area contributed by atoms with Gasteiger partial charge in [0, 0.05) is 6.61 Å². The van der Waals surface area contributed by atoms with E-state index in [0.717, 1.165) is 5.92 Å². The minimum Gasteiger partial charge on any atom is -0.396 e. The molecule has 1 saturated carbocycles. The van der Waals surface area contributed by atoms with Gasteiger partial charge in [-0.3, -0.25) is 0 Å². The first-order chi connectivity index (χ1) is 5.86. The zero-order chi connectivity index (χ0) is 8.81. The van der Waals surface area contributed by atoms with E-state index in [1.54, 1.807) is 0 Å². The van der Waals surface area contributed by atoms with Gasteiger partial charge in [0.15, 0.2) is 0 Å². The van der Waals surface area contributed by atoms with E-state index in [-0.39, 0.29) is 0 Å². The van der Waals surface area contributed by atoms with Crippen molar-refractivity contribution in [3.63, 3.8) is 0 Å². The highest BCUT2D eigenvalue weighted by Crippen LogP contribution is 2.31. The summed E-state index contributed by atoms with van der Waals surface area (Å²) in [5.41, 5.74) is 0. The average molecular weight is 170 g/mol. The largest absolute Gasteiger partial charge is 0.396 e. The molecule has 0 aliphatic heterocycles. The zero-order valence-corrected chi connectivity index (χ0v) is 8.26. The molecule has 0 aromatic heterocycles. The number of hydrogen-bond donors (Lipinski definition) is 1. The van der Waals surface area contributed by atoms with E-state index < -0.39 is 0 Å². The number of rotatable bonds is 4. The lowest BCUT2D eigenvalue weighted by molar-refractivity contribution is 0.156. The molecule has 12 heavy (non-hydrogen) atoms. The molecule has 1 nitrogen and oxygen atoms in total. The maximum Gasteiger partial charge on any atom is 0.0459 e. The summed E-state index contributed by atoms with van der Waals surface area (Å²) in [6, 6.07) is 0. The van der Waals surface area contributed by atoms with Gasteiger partial charge in [0.05, 0.1) is 0 Å². The highest BCUT2D eigenvalue weighted by Gasteiger charge is 2.20. The van der Waals surface area contributed by atoms with Gasteiger partial charge in [-0.15, -0.1) is 0 Å². The molecule has 0 amide bonds. The van der Waals surface area contributed by atoms with Crippen LogP contribution in [-0.2, 0) is 0 Å². The van der Waals surface area contributed by atoms with E-state index in [1.165, 1.54) is 44.9 Å². The highest BCUT2D eigenvalue weighted by atomic mass is 16.3. The van der Waals surface area contributed by atoms with Gasteiger partial charge in [-0.1, -0.05) is 39.0 Å². The third-order valence-electron chi connectivity index (χ3n) is 3.12. The van der Waals surface area contributed by atoms with Gasteiger partial charge in [0.1, 0.15) is 0 Å². The van der Waals surface area contributed by atoms with E-state index in [9.17, 15) is 0 Å². The van der Waals surface area contributed by atoms with Crippen LogP contribution >= 0.6 is 0 Å². The Kier molecular flexibility index (Phi) is 4.67. The van der Waals surface area contributed by atoms with Crippen LogP contribution in [0.5, 0.6) is 0 Å². The van der Waals surface area contributed by atoms with Gasteiger partial charge in [-0.25, -0.2) is 0 Å². The lowest BCUT2D eigenvalue weighted by Gasteiger charge is -2.27. The molecule has 1 heteroatoms. The second kappa shape index (κ2) is 5.58. The molecule has 0 radical (unpaired) electrons. The van der Waals surface area contributed by atoms with Crippen molar-refractivity contribution in [3.05, 3.63) is 0 Å². The Labute approximate surface area is 76.2 Å². The molecule has 0 spiro atoms. The molecule has 0 saturated heterocycles. The average Bonchev–Trinajstić information content (AvgIpc) is 2.15. The minimum atomic E-state index is 0.419.